The zero-order valence-electron chi connectivity index (χ0n) is 12.2. The minimum Gasteiger partial charge on any atom is -0.354 e. The highest BCUT2D eigenvalue weighted by atomic mass is 35.5. The zero-order valence-corrected chi connectivity index (χ0v) is 13.9. The normalized spacial score (nSPS) is 17.6. The van der Waals surface area contributed by atoms with Gasteiger partial charge in [0.1, 0.15) is 0 Å². The van der Waals surface area contributed by atoms with Crippen molar-refractivity contribution in [2.45, 2.75) is 52.0 Å². The highest BCUT2D eigenvalue weighted by Gasteiger charge is 2.15. The summed E-state index contributed by atoms with van der Waals surface area (Å²) in [5.41, 5.74) is 0. The molecule has 0 aromatic rings. The van der Waals surface area contributed by atoms with E-state index in [0.29, 0.717) is 12.5 Å². The predicted molar refractivity (Wildman–Crippen MR) is 87.3 cm³/mol. The molecular weight excluding hydrogens is 280 g/mol. The quantitative estimate of drug-likeness (QED) is 0.678. The Kier molecular flexibility index (Phi) is 11.9. The molecule has 0 radical (unpaired) electrons. The maximum atomic E-state index is 11.8. The Morgan fingerprint density at radius 2 is 2.11 bits per heavy atom. The van der Waals surface area contributed by atoms with E-state index in [-0.39, 0.29) is 18.3 Å². The molecule has 0 bridgehead atoms. The first-order chi connectivity index (χ1) is 8.72. The van der Waals surface area contributed by atoms with E-state index in [1.54, 1.807) is 0 Å². The fourth-order valence-corrected chi connectivity index (χ4v) is 3.14. The highest BCUT2D eigenvalue weighted by molar-refractivity contribution is 7.99. The highest BCUT2D eigenvalue weighted by Crippen LogP contribution is 2.17. The molecule has 1 saturated heterocycles. The Hall–Kier alpha value is 0.0700. The lowest BCUT2D eigenvalue weighted by Crippen LogP contribution is -2.34. The number of piperidine rings is 1. The van der Waals surface area contributed by atoms with E-state index in [1.807, 2.05) is 11.8 Å². The molecule has 1 aliphatic rings. The maximum absolute atomic E-state index is 11.8. The fraction of sp³-hybridized carbons (Fsp3) is 0.929. The van der Waals surface area contributed by atoms with Gasteiger partial charge in [0.2, 0.25) is 5.91 Å². The van der Waals surface area contributed by atoms with Gasteiger partial charge in [0.15, 0.2) is 0 Å². The number of carbonyl (C=O) groups excluding carboxylic acids is 1. The van der Waals surface area contributed by atoms with Gasteiger partial charge in [-0.2, -0.15) is 11.8 Å². The number of rotatable bonds is 8. The van der Waals surface area contributed by atoms with Gasteiger partial charge in [-0.15, -0.1) is 12.4 Å². The third kappa shape index (κ3) is 9.58. The summed E-state index contributed by atoms with van der Waals surface area (Å²) in [6.45, 7) is 6.53. The molecule has 0 aromatic heterocycles. The molecule has 5 heteroatoms. The summed E-state index contributed by atoms with van der Waals surface area (Å²) < 4.78 is 0. The van der Waals surface area contributed by atoms with Crippen LogP contribution in [0.15, 0.2) is 0 Å². The number of hydrogen-bond acceptors (Lipinski definition) is 3. The van der Waals surface area contributed by atoms with E-state index in [0.717, 1.165) is 43.4 Å². The van der Waals surface area contributed by atoms with Crippen molar-refractivity contribution < 1.29 is 4.79 Å². The Bertz CT molecular complexity index is 235. The first-order valence-electron chi connectivity index (χ1n) is 7.30. The number of carbonyl (C=O) groups is 1. The molecule has 19 heavy (non-hydrogen) atoms. The van der Waals surface area contributed by atoms with E-state index in [2.05, 4.69) is 24.5 Å². The Morgan fingerprint density at radius 1 is 1.42 bits per heavy atom. The van der Waals surface area contributed by atoms with Crippen LogP contribution in [0.3, 0.4) is 0 Å². The van der Waals surface area contributed by atoms with Crippen molar-refractivity contribution in [1.82, 2.24) is 10.6 Å². The summed E-state index contributed by atoms with van der Waals surface area (Å²) in [6.07, 6.45) is 5.31. The van der Waals surface area contributed by atoms with Crippen molar-refractivity contribution in [2.75, 3.05) is 24.6 Å². The number of amides is 1. The molecule has 0 spiro atoms. The van der Waals surface area contributed by atoms with Gasteiger partial charge in [0, 0.05) is 12.5 Å². The number of nitrogens with one attached hydrogen (secondary N) is 2. The topological polar surface area (TPSA) is 41.1 Å². The SMILES string of the molecule is CCSCCC(C)NC(=O)CCC1CCNCC1.Cl. The van der Waals surface area contributed by atoms with E-state index in [1.165, 1.54) is 12.8 Å². The van der Waals surface area contributed by atoms with Gasteiger partial charge in [0.25, 0.3) is 0 Å². The van der Waals surface area contributed by atoms with Crippen LogP contribution in [0.5, 0.6) is 0 Å². The largest absolute Gasteiger partial charge is 0.354 e. The van der Waals surface area contributed by atoms with Crippen molar-refractivity contribution in [2.24, 2.45) is 5.92 Å². The van der Waals surface area contributed by atoms with Crippen molar-refractivity contribution in [3.05, 3.63) is 0 Å². The summed E-state index contributed by atoms with van der Waals surface area (Å²) in [4.78, 5) is 11.8. The molecule has 2 N–H and O–H groups in total. The molecule has 3 nitrogen and oxygen atoms in total. The van der Waals surface area contributed by atoms with Crippen LogP contribution in [0.2, 0.25) is 0 Å². The average Bonchev–Trinajstić information content (AvgIpc) is 2.38. The number of hydrogen-bond donors (Lipinski definition) is 2. The molecule has 1 fully saturated rings. The summed E-state index contributed by atoms with van der Waals surface area (Å²) in [6, 6.07) is 0.324. The third-order valence-electron chi connectivity index (χ3n) is 3.55. The van der Waals surface area contributed by atoms with Crippen molar-refractivity contribution >= 4 is 30.1 Å². The molecule has 1 atom stereocenters. The lowest BCUT2D eigenvalue weighted by Gasteiger charge is -2.22. The average molecular weight is 309 g/mol. The second kappa shape index (κ2) is 11.9. The van der Waals surface area contributed by atoms with Crippen LogP contribution in [-0.4, -0.2) is 36.5 Å². The molecule has 1 rings (SSSR count). The monoisotopic (exact) mass is 308 g/mol. The molecule has 0 saturated carbocycles. The Balaban J connectivity index is 0.00000324. The van der Waals surface area contributed by atoms with Crippen LogP contribution in [0.4, 0.5) is 0 Å². The van der Waals surface area contributed by atoms with Crippen LogP contribution in [-0.2, 0) is 4.79 Å². The molecular formula is C14H29ClN2OS. The third-order valence-corrected chi connectivity index (χ3v) is 4.48. The predicted octanol–water partition coefficient (Wildman–Crippen LogP) is 2.84. The van der Waals surface area contributed by atoms with Crippen molar-refractivity contribution in [3.8, 4) is 0 Å². The molecule has 1 aliphatic heterocycles. The number of halogens is 1. The summed E-state index contributed by atoms with van der Waals surface area (Å²) >= 11 is 1.94. The van der Waals surface area contributed by atoms with Gasteiger partial charge in [-0.05, 0) is 63.1 Å². The van der Waals surface area contributed by atoms with Crippen molar-refractivity contribution in [1.29, 1.82) is 0 Å². The Morgan fingerprint density at radius 3 is 2.74 bits per heavy atom. The first kappa shape index (κ1) is 19.1. The zero-order chi connectivity index (χ0) is 13.2. The molecule has 1 heterocycles. The minimum absolute atomic E-state index is 0. The molecule has 0 aromatic carbocycles. The van der Waals surface area contributed by atoms with Crippen molar-refractivity contribution in [3.63, 3.8) is 0 Å². The smallest absolute Gasteiger partial charge is 0.220 e. The minimum atomic E-state index is 0. The summed E-state index contributed by atoms with van der Waals surface area (Å²) in [5, 5.41) is 6.47. The van der Waals surface area contributed by atoms with E-state index >= 15 is 0 Å². The standard InChI is InChI=1S/C14H28N2OS.ClH/c1-3-18-11-8-12(2)16-14(17)5-4-13-6-9-15-10-7-13;/h12-13,15H,3-11H2,1-2H3,(H,16,17);1H. The van der Waals surface area contributed by atoms with Crippen LogP contribution in [0.25, 0.3) is 0 Å². The van der Waals surface area contributed by atoms with Crippen LogP contribution in [0.1, 0.15) is 46.0 Å². The van der Waals surface area contributed by atoms with Gasteiger partial charge >= 0.3 is 0 Å². The van der Waals surface area contributed by atoms with Gasteiger partial charge in [-0.1, -0.05) is 6.92 Å². The molecule has 1 unspecified atom stereocenters. The second-order valence-electron chi connectivity index (χ2n) is 5.19. The summed E-state index contributed by atoms with van der Waals surface area (Å²) in [5.74, 6) is 3.30. The lowest BCUT2D eigenvalue weighted by atomic mass is 9.93. The van der Waals surface area contributed by atoms with Gasteiger partial charge < -0.3 is 10.6 Å². The van der Waals surface area contributed by atoms with Crippen LogP contribution >= 0.6 is 24.2 Å². The van der Waals surface area contributed by atoms with Gasteiger partial charge in [-0.25, -0.2) is 0 Å². The molecule has 0 aliphatic carbocycles. The number of thioether (sulfide) groups is 1. The Labute approximate surface area is 128 Å². The fourth-order valence-electron chi connectivity index (χ4n) is 2.33. The van der Waals surface area contributed by atoms with Gasteiger partial charge in [0.05, 0.1) is 0 Å². The first-order valence-corrected chi connectivity index (χ1v) is 8.45. The van der Waals surface area contributed by atoms with E-state index in [9.17, 15) is 4.79 Å². The van der Waals surface area contributed by atoms with Gasteiger partial charge in [-0.3, -0.25) is 4.79 Å². The second-order valence-corrected chi connectivity index (χ2v) is 6.58. The van der Waals surface area contributed by atoms with E-state index < -0.39 is 0 Å². The van der Waals surface area contributed by atoms with E-state index in [4.69, 9.17) is 0 Å². The lowest BCUT2D eigenvalue weighted by molar-refractivity contribution is -0.122. The molecule has 1 amide bonds. The maximum Gasteiger partial charge on any atom is 0.220 e. The van der Waals surface area contributed by atoms with Crippen LogP contribution < -0.4 is 10.6 Å². The summed E-state index contributed by atoms with van der Waals surface area (Å²) in [7, 11) is 0. The molecule has 114 valence electrons. The van der Waals surface area contributed by atoms with Crippen LogP contribution in [0, 0.1) is 5.92 Å².